The Kier molecular flexibility index (Phi) is 4.55. The van der Waals surface area contributed by atoms with Crippen molar-refractivity contribution in [3.63, 3.8) is 0 Å². The highest BCUT2D eigenvalue weighted by Gasteiger charge is 2.21. The number of aliphatic hydroxyl groups excluding tert-OH is 1. The second-order valence-corrected chi connectivity index (χ2v) is 5.34. The Morgan fingerprint density at radius 2 is 2.06 bits per heavy atom. The molecule has 1 atom stereocenters. The molecule has 4 nitrogen and oxygen atoms in total. The third-order valence-electron chi connectivity index (χ3n) is 2.07. The summed E-state index contributed by atoms with van der Waals surface area (Å²) in [5, 5.41) is 8.81. The largest absolute Gasteiger partial charge is 0.386 e. The maximum absolute atomic E-state index is 12.0. The van der Waals surface area contributed by atoms with Crippen LogP contribution in [0.5, 0.6) is 0 Å². The summed E-state index contributed by atoms with van der Waals surface area (Å²) in [6.07, 6.45) is -4.98. The van der Waals surface area contributed by atoms with Crippen LogP contribution in [0.1, 0.15) is 5.56 Å². The van der Waals surface area contributed by atoms with Gasteiger partial charge in [0.1, 0.15) is 6.10 Å². The SMILES string of the molecule is Cc1cccc(S(=O)(=O)NCC(O)C(F)F)c1. The van der Waals surface area contributed by atoms with Crippen molar-refractivity contribution in [1.29, 1.82) is 0 Å². The van der Waals surface area contributed by atoms with Crippen molar-refractivity contribution in [2.45, 2.75) is 24.3 Å². The molecule has 0 heterocycles. The Balaban J connectivity index is 2.76. The molecule has 0 aromatic heterocycles. The maximum atomic E-state index is 12.0. The van der Waals surface area contributed by atoms with Gasteiger partial charge in [-0.3, -0.25) is 0 Å². The number of nitrogens with one attached hydrogen (secondary N) is 1. The zero-order chi connectivity index (χ0) is 13.1. The second-order valence-electron chi connectivity index (χ2n) is 3.57. The Labute approximate surface area is 98.3 Å². The van der Waals surface area contributed by atoms with E-state index in [0.717, 1.165) is 5.56 Å². The van der Waals surface area contributed by atoms with Crippen molar-refractivity contribution < 1.29 is 22.3 Å². The molecule has 0 aliphatic carbocycles. The number of alkyl halides is 2. The van der Waals surface area contributed by atoms with Gasteiger partial charge in [-0.15, -0.1) is 0 Å². The maximum Gasteiger partial charge on any atom is 0.265 e. The summed E-state index contributed by atoms with van der Waals surface area (Å²) in [5.74, 6) is 0. The third kappa shape index (κ3) is 4.03. The van der Waals surface area contributed by atoms with Crippen molar-refractivity contribution in [3.05, 3.63) is 29.8 Å². The first kappa shape index (κ1) is 14.0. The van der Waals surface area contributed by atoms with E-state index in [1.54, 1.807) is 19.1 Å². The highest BCUT2D eigenvalue weighted by molar-refractivity contribution is 7.89. The first-order valence-corrected chi connectivity index (χ1v) is 6.34. The van der Waals surface area contributed by atoms with Crippen LogP contribution in [0.15, 0.2) is 29.2 Å². The third-order valence-corrected chi connectivity index (χ3v) is 3.49. The van der Waals surface area contributed by atoms with E-state index in [1.165, 1.54) is 12.1 Å². The lowest BCUT2D eigenvalue weighted by Gasteiger charge is -2.11. The van der Waals surface area contributed by atoms with Crippen molar-refractivity contribution in [2.24, 2.45) is 0 Å². The van der Waals surface area contributed by atoms with E-state index < -0.39 is 29.1 Å². The summed E-state index contributed by atoms with van der Waals surface area (Å²) in [6, 6.07) is 6.03. The molecule has 0 saturated carbocycles. The van der Waals surface area contributed by atoms with Crippen LogP contribution in [0.4, 0.5) is 8.78 Å². The number of aryl methyl sites for hydroxylation is 1. The predicted octanol–water partition coefficient (Wildman–Crippen LogP) is 0.899. The Morgan fingerprint density at radius 1 is 1.41 bits per heavy atom. The van der Waals surface area contributed by atoms with Gasteiger partial charge in [0.2, 0.25) is 10.0 Å². The molecule has 7 heteroatoms. The molecule has 0 saturated heterocycles. The first-order valence-electron chi connectivity index (χ1n) is 4.85. The lowest BCUT2D eigenvalue weighted by Crippen LogP contribution is -2.35. The molecule has 96 valence electrons. The van der Waals surface area contributed by atoms with Crippen LogP contribution in [0, 0.1) is 6.92 Å². The molecule has 0 spiro atoms. The first-order chi connectivity index (χ1) is 7.83. The molecule has 1 rings (SSSR count). The summed E-state index contributed by atoms with van der Waals surface area (Å²) in [6.45, 7) is 1.00. The van der Waals surface area contributed by atoms with Crippen molar-refractivity contribution in [3.8, 4) is 0 Å². The topological polar surface area (TPSA) is 66.4 Å². The average molecular weight is 265 g/mol. The molecule has 0 aliphatic heterocycles. The number of aliphatic hydroxyl groups is 1. The molecular formula is C10H13F2NO3S. The molecule has 0 radical (unpaired) electrons. The van der Waals surface area contributed by atoms with E-state index in [1.807, 2.05) is 4.72 Å². The van der Waals surface area contributed by atoms with E-state index in [2.05, 4.69) is 0 Å². The van der Waals surface area contributed by atoms with Crippen LogP contribution in [0.3, 0.4) is 0 Å². The minimum Gasteiger partial charge on any atom is -0.386 e. The van der Waals surface area contributed by atoms with Gasteiger partial charge in [-0.1, -0.05) is 12.1 Å². The Bertz CT molecular complexity index is 476. The van der Waals surface area contributed by atoms with Crippen molar-refractivity contribution >= 4 is 10.0 Å². The zero-order valence-electron chi connectivity index (χ0n) is 9.10. The van der Waals surface area contributed by atoms with Gasteiger partial charge in [-0.25, -0.2) is 21.9 Å². The minimum absolute atomic E-state index is 0.0148. The van der Waals surface area contributed by atoms with Crippen LogP contribution < -0.4 is 4.72 Å². The molecule has 0 fully saturated rings. The summed E-state index contributed by atoms with van der Waals surface area (Å²) in [7, 11) is -3.85. The monoisotopic (exact) mass is 265 g/mol. The zero-order valence-corrected chi connectivity index (χ0v) is 9.92. The lowest BCUT2D eigenvalue weighted by atomic mass is 10.2. The Morgan fingerprint density at radius 3 is 2.59 bits per heavy atom. The predicted molar refractivity (Wildman–Crippen MR) is 58.4 cm³/mol. The summed E-state index contributed by atoms with van der Waals surface area (Å²) in [4.78, 5) is -0.0148. The fourth-order valence-corrected chi connectivity index (χ4v) is 2.31. The van der Waals surface area contributed by atoms with Gasteiger partial charge < -0.3 is 5.11 Å². The smallest absolute Gasteiger partial charge is 0.265 e. The molecular weight excluding hydrogens is 252 g/mol. The second kappa shape index (κ2) is 5.52. The van der Waals surface area contributed by atoms with Crippen LogP contribution in [0.2, 0.25) is 0 Å². The van der Waals surface area contributed by atoms with E-state index in [4.69, 9.17) is 5.11 Å². The van der Waals surface area contributed by atoms with Crippen LogP contribution in [0.25, 0.3) is 0 Å². The van der Waals surface area contributed by atoms with E-state index in [-0.39, 0.29) is 4.90 Å². The van der Waals surface area contributed by atoms with Gasteiger partial charge in [0.05, 0.1) is 4.90 Å². The number of hydrogen-bond acceptors (Lipinski definition) is 3. The van der Waals surface area contributed by atoms with Crippen molar-refractivity contribution in [2.75, 3.05) is 6.54 Å². The Hall–Kier alpha value is -1.05. The van der Waals surface area contributed by atoms with Gasteiger partial charge in [0.25, 0.3) is 6.43 Å². The van der Waals surface area contributed by atoms with Gasteiger partial charge in [-0.05, 0) is 24.6 Å². The molecule has 0 aliphatic rings. The standard InChI is InChI=1S/C10H13F2NO3S/c1-7-3-2-4-8(5-7)17(15,16)13-6-9(14)10(11)12/h2-5,9-10,13-14H,6H2,1H3. The normalized spacial score (nSPS) is 13.9. The summed E-state index contributed by atoms with van der Waals surface area (Å²) in [5.41, 5.74) is 0.738. The van der Waals surface area contributed by atoms with Crippen LogP contribution >= 0.6 is 0 Å². The molecule has 1 aromatic rings. The van der Waals surface area contributed by atoms with E-state index in [0.29, 0.717) is 0 Å². The average Bonchev–Trinajstić information content (AvgIpc) is 2.26. The number of halogens is 2. The number of benzene rings is 1. The molecule has 17 heavy (non-hydrogen) atoms. The molecule has 1 aromatic carbocycles. The van der Waals surface area contributed by atoms with Gasteiger partial charge in [0, 0.05) is 6.54 Å². The fraction of sp³-hybridized carbons (Fsp3) is 0.400. The molecule has 0 amide bonds. The molecule has 2 N–H and O–H groups in total. The number of sulfonamides is 1. The quantitative estimate of drug-likeness (QED) is 0.831. The van der Waals surface area contributed by atoms with Gasteiger partial charge in [0.15, 0.2) is 0 Å². The molecule has 0 bridgehead atoms. The van der Waals surface area contributed by atoms with E-state index in [9.17, 15) is 17.2 Å². The summed E-state index contributed by atoms with van der Waals surface area (Å²) < 4.78 is 49.2. The highest BCUT2D eigenvalue weighted by Crippen LogP contribution is 2.11. The minimum atomic E-state index is -3.85. The number of hydrogen-bond donors (Lipinski definition) is 2. The number of rotatable bonds is 5. The summed E-state index contributed by atoms with van der Waals surface area (Å²) >= 11 is 0. The van der Waals surface area contributed by atoms with E-state index >= 15 is 0 Å². The van der Waals surface area contributed by atoms with Crippen molar-refractivity contribution in [1.82, 2.24) is 4.72 Å². The van der Waals surface area contributed by atoms with Crippen LogP contribution in [-0.4, -0.2) is 32.6 Å². The molecule has 1 unspecified atom stereocenters. The van der Waals surface area contributed by atoms with Gasteiger partial charge >= 0.3 is 0 Å². The van der Waals surface area contributed by atoms with Crippen LogP contribution in [-0.2, 0) is 10.0 Å². The highest BCUT2D eigenvalue weighted by atomic mass is 32.2. The fourth-order valence-electron chi connectivity index (χ4n) is 1.15. The van der Waals surface area contributed by atoms with Gasteiger partial charge in [-0.2, -0.15) is 0 Å². The lowest BCUT2D eigenvalue weighted by molar-refractivity contribution is -0.000451.